The van der Waals surface area contributed by atoms with Gasteiger partial charge in [-0.05, 0) is 47.5 Å². The Morgan fingerprint density at radius 3 is 2.61 bits per heavy atom. The number of amides is 1. The molecule has 6 rings (SSSR count). The zero-order valence-electron chi connectivity index (χ0n) is 17.4. The molecule has 0 fully saturated rings. The first-order valence-corrected chi connectivity index (χ1v) is 10.4. The molecule has 0 bridgehead atoms. The number of ether oxygens (including phenoxy) is 2. The maximum absolute atomic E-state index is 13.5. The number of carbonyl (C=O) groups is 1. The highest BCUT2D eigenvalue weighted by molar-refractivity contribution is 6.00. The Morgan fingerprint density at radius 1 is 1.00 bits per heavy atom. The van der Waals surface area contributed by atoms with Crippen molar-refractivity contribution in [1.82, 2.24) is 15.1 Å². The molecule has 1 atom stereocenters. The minimum absolute atomic E-state index is 0.0814. The third-order valence-electron chi connectivity index (χ3n) is 6.02. The molecule has 8 nitrogen and oxygen atoms in total. The van der Waals surface area contributed by atoms with Gasteiger partial charge in [-0.3, -0.25) is 9.89 Å². The number of aromatic hydroxyl groups is 2. The molecule has 8 heteroatoms. The number of nitrogens with zero attached hydrogens (tertiary/aromatic N) is 2. The average Bonchev–Trinajstić information content (AvgIpc) is 3.52. The second-order valence-electron chi connectivity index (χ2n) is 7.99. The summed E-state index contributed by atoms with van der Waals surface area (Å²) in [6.45, 7) is 0.501. The average molecular weight is 441 g/mol. The highest BCUT2D eigenvalue weighted by Crippen LogP contribution is 2.45. The van der Waals surface area contributed by atoms with E-state index in [-0.39, 0.29) is 24.2 Å². The lowest BCUT2D eigenvalue weighted by molar-refractivity contribution is 0.0730. The van der Waals surface area contributed by atoms with Gasteiger partial charge in [0.25, 0.3) is 5.91 Å². The lowest BCUT2D eigenvalue weighted by Crippen LogP contribution is -2.29. The van der Waals surface area contributed by atoms with Crippen LogP contribution in [0.5, 0.6) is 23.0 Å². The van der Waals surface area contributed by atoms with Crippen LogP contribution in [0.25, 0.3) is 11.3 Å². The van der Waals surface area contributed by atoms with Crippen LogP contribution in [0, 0.1) is 0 Å². The zero-order chi connectivity index (χ0) is 22.5. The van der Waals surface area contributed by atoms with E-state index in [1.54, 1.807) is 47.4 Å². The molecule has 33 heavy (non-hydrogen) atoms. The van der Waals surface area contributed by atoms with Crippen LogP contribution in [-0.2, 0) is 6.54 Å². The Kier molecular flexibility index (Phi) is 4.26. The Balaban J connectivity index is 1.47. The molecule has 2 aliphatic rings. The minimum atomic E-state index is -0.466. The molecule has 164 valence electrons. The lowest BCUT2D eigenvalue weighted by Gasteiger charge is -2.26. The predicted octanol–water partition coefficient (Wildman–Crippen LogP) is 3.96. The molecule has 0 spiro atoms. The second kappa shape index (κ2) is 7.30. The van der Waals surface area contributed by atoms with Gasteiger partial charge >= 0.3 is 0 Å². The first-order chi connectivity index (χ1) is 16.1. The van der Waals surface area contributed by atoms with E-state index >= 15 is 0 Å². The van der Waals surface area contributed by atoms with E-state index in [1.807, 2.05) is 24.3 Å². The summed E-state index contributed by atoms with van der Waals surface area (Å²) >= 11 is 0. The third kappa shape index (κ3) is 3.07. The summed E-state index contributed by atoms with van der Waals surface area (Å²) < 4.78 is 10.9. The number of nitrogens with one attached hydrogen (secondary N) is 1. The molecule has 2 aliphatic heterocycles. The van der Waals surface area contributed by atoms with Crippen LogP contribution in [0.4, 0.5) is 0 Å². The number of benzene rings is 3. The van der Waals surface area contributed by atoms with Crippen LogP contribution in [0.2, 0.25) is 0 Å². The summed E-state index contributed by atoms with van der Waals surface area (Å²) in [5.41, 5.74) is 3.83. The summed E-state index contributed by atoms with van der Waals surface area (Å²) in [4.78, 5) is 15.2. The van der Waals surface area contributed by atoms with Gasteiger partial charge in [0, 0.05) is 17.7 Å². The zero-order valence-corrected chi connectivity index (χ0v) is 17.4. The van der Waals surface area contributed by atoms with Gasteiger partial charge in [-0.15, -0.1) is 0 Å². The van der Waals surface area contributed by atoms with Crippen LogP contribution < -0.4 is 9.47 Å². The number of H-pyrrole nitrogens is 1. The van der Waals surface area contributed by atoms with Crippen molar-refractivity contribution in [1.29, 1.82) is 0 Å². The first kappa shape index (κ1) is 19.2. The van der Waals surface area contributed by atoms with Gasteiger partial charge in [-0.1, -0.05) is 30.3 Å². The number of aromatic nitrogens is 2. The summed E-state index contributed by atoms with van der Waals surface area (Å²) in [5.74, 6) is 1.35. The van der Waals surface area contributed by atoms with Crippen LogP contribution >= 0.6 is 0 Å². The summed E-state index contributed by atoms with van der Waals surface area (Å²) in [7, 11) is 0. The maximum atomic E-state index is 13.5. The van der Waals surface area contributed by atoms with E-state index in [0.717, 1.165) is 11.1 Å². The Hall–Kier alpha value is -4.46. The minimum Gasteiger partial charge on any atom is -0.508 e. The highest BCUT2D eigenvalue weighted by Gasteiger charge is 2.42. The van der Waals surface area contributed by atoms with Crippen molar-refractivity contribution in [3.63, 3.8) is 0 Å². The third-order valence-corrected chi connectivity index (χ3v) is 6.02. The van der Waals surface area contributed by atoms with Gasteiger partial charge in [0.15, 0.2) is 11.5 Å². The molecule has 0 saturated heterocycles. The van der Waals surface area contributed by atoms with E-state index in [4.69, 9.17) is 9.47 Å². The van der Waals surface area contributed by atoms with Gasteiger partial charge in [-0.25, -0.2) is 0 Å². The molecule has 4 aromatic rings. The van der Waals surface area contributed by atoms with Crippen molar-refractivity contribution in [2.24, 2.45) is 0 Å². The number of hydrogen-bond acceptors (Lipinski definition) is 6. The fourth-order valence-electron chi connectivity index (χ4n) is 4.48. The van der Waals surface area contributed by atoms with Crippen LogP contribution in [0.15, 0.2) is 66.7 Å². The molecule has 3 heterocycles. The SMILES string of the molecule is O=C1c2[nH]nc(-c3ccccc3O)c2[C@@H](c2ccc(O)cc2)N1Cc1ccc2c(c1)OCO2. The fraction of sp³-hybridized carbons (Fsp3) is 0.120. The molecule has 3 aromatic carbocycles. The smallest absolute Gasteiger partial charge is 0.273 e. The molecule has 1 aromatic heterocycles. The summed E-state index contributed by atoms with van der Waals surface area (Å²) in [6, 6.07) is 18.8. The van der Waals surface area contributed by atoms with Crippen LogP contribution in [-0.4, -0.2) is 38.0 Å². The van der Waals surface area contributed by atoms with Gasteiger partial charge in [0.05, 0.1) is 6.04 Å². The predicted molar refractivity (Wildman–Crippen MR) is 118 cm³/mol. The molecule has 0 aliphatic carbocycles. The van der Waals surface area contributed by atoms with E-state index in [0.29, 0.717) is 40.6 Å². The van der Waals surface area contributed by atoms with Gasteiger partial charge in [-0.2, -0.15) is 5.10 Å². The Morgan fingerprint density at radius 2 is 1.79 bits per heavy atom. The molecule has 3 N–H and O–H groups in total. The number of aromatic amines is 1. The summed E-state index contributed by atoms with van der Waals surface area (Å²) in [5, 5.41) is 27.5. The first-order valence-electron chi connectivity index (χ1n) is 10.4. The van der Waals surface area contributed by atoms with Crippen molar-refractivity contribution < 1.29 is 24.5 Å². The largest absolute Gasteiger partial charge is 0.508 e. The van der Waals surface area contributed by atoms with E-state index < -0.39 is 6.04 Å². The van der Waals surface area contributed by atoms with Crippen molar-refractivity contribution >= 4 is 5.91 Å². The Bertz CT molecular complexity index is 1380. The number of carbonyl (C=O) groups excluding carboxylic acids is 1. The summed E-state index contributed by atoms with van der Waals surface area (Å²) in [6.07, 6.45) is 0. The van der Waals surface area contributed by atoms with Crippen LogP contribution in [0.3, 0.4) is 0 Å². The Labute approximate surface area is 188 Å². The highest BCUT2D eigenvalue weighted by atomic mass is 16.7. The van der Waals surface area contributed by atoms with Gasteiger partial charge < -0.3 is 24.6 Å². The number of phenolic OH excluding ortho intramolecular Hbond substituents is 2. The number of hydrogen-bond donors (Lipinski definition) is 3. The standard InChI is InChI=1S/C25H19N3O5/c29-16-8-6-15(7-9-16)24-21-22(17-3-1-2-4-18(17)30)26-27-23(21)25(31)28(24)12-14-5-10-19-20(11-14)33-13-32-19/h1-11,24,29-30H,12-13H2,(H,26,27)/t24-/m1/s1. The normalized spacial score (nSPS) is 16.3. The fourth-order valence-corrected chi connectivity index (χ4v) is 4.48. The lowest BCUT2D eigenvalue weighted by atomic mass is 9.95. The van der Waals surface area contributed by atoms with Gasteiger partial charge in [0.2, 0.25) is 6.79 Å². The van der Waals surface area contributed by atoms with Crippen molar-refractivity contribution in [2.75, 3.05) is 6.79 Å². The van der Waals surface area contributed by atoms with E-state index in [9.17, 15) is 15.0 Å². The topological polar surface area (TPSA) is 108 Å². The van der Waals surface area contributed by atoms with Gasteiger partial charge in [0.1, 0.15) is 22.9 Å². The van der Waals surface area contributed by atoms with E-state index in [1.165, 1.54) is 0 Å². The number of para-hydroxylation sites is 1. The number of phenols is 2. The van der Waals surface area contributed by atoms with Crippen molar-refractivity contribution in [2.45, 2.75) is 12.6 Å². The van der Waals surface area contributed by atoms with E-state index in [2.05, 4.69) is 10.2 Å². The quantitative estimate of drug-likeness (QED) is 0.442. The number of fused-ring (bicyclic) bond motifs is 2. The molecular weight excluding hydrogens is 422 g/mol. The molecule has 0 radical (unpaired) electrons. The number of rotatable bonds is 4. The molecule has 0 unspecified atom stereocenters. The monoisotopic (exact) mass is 441 g/mol. The second-order valence-corrected chi connectivity index (χ2v) is 7.99. The van der Waals surface area contributed by atoms with Crippen molar-refractivity contribution in [3.8, 4) is 34.3 Å². The molecular formula is C25H19N3O5. The van der Waals surface area contributed by atoms with Crippen LogP contribution in [0.1, 0.15) is 33.2 Å². The maximum Gasteiger partial charge on any atom is 0.273 e. The molecule has 1 amide bonds. The molecule has 0 saturated carbocycles. The van der Waals surface area contributed by atoms with Crippen molar-refractivity contribution in [3.05, 3.63) is 89.1 Å².